The molecule has 0 saturated carbocycles. The average molecular weight is 259 g/mol. The normalized spacial score (nSPS) is 11.5. The molecule has 4 nitrogen and oxygen atoms in total. The molecule has 0 unspecified atom stereocenters. The van der Waals surface area contributed by atoms with Gasteiger partial charge in [-0.1, -0.05) is 0 Å². The van der Waals surface area contributed by atoms with E-state index in [4.69, 9.17) is 0 Å². The van der Waals surface area contributed by atoms with Crippen LogP contribution in [0.4, 0.5) is 17.6 Å². The van der Waals surface area contributed by atoms with Crippen LogP contribution in [0, 0.1) is 0 Å². The second-order valence-corrected chi connectivity index (χ2v) is 3.05. The van der Waals surface area contributed by atoms with Gasteiger partial charge in [0.25, 0.3) is 5.91 Å². The molecule has 0 aliphatic carbocycles. The molecule has 0 heterocycles. The van der Waals surface area contributed by atoms with E-state index in [1.165, 1.54) is 13.8 Å². The zero-order chi connectivity index (χ0) is 13.6. The van der Waals surface area contributed by atoms with Crippen LogP contribution in [0.3, 0.4) is 0 Å². The summed E-state index contributed by atoms with van der Waals surface area (Å²) in [6.07, 6.45) is -4.11. The number of hydrogen-bond donors (Lipinski definition) is 0. The molecule has 0 aromatic heterocycles. The fraction of sp³-hybridized carbons (Fsp3) is 0.778. The van der Waals surface area contributed by atoms with Crippen LogP contribution in [0.15, 0.2) is 0 Å². The number of alkyl halides is 4. The second kappa shape index (κ2) is 6.41. The highest BCUT2D eigenvalue weighted by Gasteiger charge is 2.51. The predicted octanol–water partition coefficient (Wildman–Crippen LogP) is 1.30. The van der Waals surface area contributed by atoms with Gasteiger partial charge in [-0.3, -0.25) is 9.59 Å². The van der Waals surface area contributed by atoms with E-state index in [2.05, 4.69) is 4.74 Å². The van der Waals surface area contributed by atoms with E-state index in [-0.39, 0.29) is 13.2 Å². The van der Waals surface area contributed by atoms with Crippen LogP contribution in [0.5, 0.6) is 0 Å². The highest BCUT2D eigenvalue weighted by atomic mass is 19.3. The molecule has 0 radical (unpaired) electrons. The summed E-state index contributed by atoms with van der Waals surface area (Å²) in [7, 11) is 0. The third-order valence-corrected chi connectivity index (χ3v) is 1.85. The predicted molar refractivity (Wildman–Crippen MR) is 49.8 cm³/mol. The summed E-state index contributed by atoms with van der Waals surface area (Å²) < 4.78 is 53.7. The Hall–Kier alpha value is -1.34. The first-order valence-electron chi connectivity index (χ1n) is 4.88. The summed E-state index contributed by atoms with van der Waals surface area (Å²) in [6, 6.07) is 0. The molecule has 1 amide bonds. The van der Waals surface area contributed by atoms with Crippen molar-refractivity contribution in [3.63, 3.8) is 0 Å². The molecule has 0 atom stereocenters. The van der Waals surface area contributed by atoms with E-state index in [0.29, 0.717) is 4.90 Å². The van der Waals surface area contributed by atoms with Crippen molar-refractivity contribution in [3.8, 4) is 0 Å². The number of hydrogen-bond acceptors (Lipinski definition) is 3. The number of rotatable bonds is 6. The van der Waals surface area contributed by atoms with Crippen LogP contribution in [-0.4, -0.2) is 48.8 Å². The van der Waals surface area contributed by atoms with Crippen LogP contribution < -0.4 is 0 Å². The van der Waals surface area contributed by atoms with Gasteiger partial charge in [0.2, 0.25) is 0 Å². The number of likely N-dealkylation sites (N-methyl/N-ethyl adjacent to an activating group) is 1. The summed E-state index contributed by atoms with van der Waals surface area (Å²) >= 11 is 0. The van der Waals surface area contributed by atoms with Crippen LogP contribution in [0.1, 0.15) is 13.8 Å². The number of carbonyl (C=O) groups is 2. The van der Waals surface area contributed by atoms with Crippen molar-refractivity contribution in [3.05, 3.63) is 0 Å². The van der Waals surface area contributed by atoms with Gasteiger partial charge in [-0.05, 0) is 13.8 Å². The van der Waals surface area contributed by atoms with Gasteiger partial charge in [-0.2, -0.15) is 8.78 Å². The summed E-state index contributed by atoms with van der Waals surface area (Å²) in [4.78, 5) is 22.4. The van der Waals surface area contributed by atoms with Crippen molar-refractivity contribution < 1.29 is 31.9 Å². The lowest BCUT2D eigenvalue weighted by atomic mass is 10.3. The quantitative estimate of drug-likeness (QED) is 0.533. The van der Waals surface area contributed by atoms with Crippen molar-refractivity contribution in [1.29, 1.82) is 0 Å². The highest BCUT2D eigenvalue weighted by molar-refractivity contribution is 5.87. The van der Waals surface area contributed by atoms with Crippen molar-refractivity contribution in [2.45, 2.75) is 26.2 Å². The first-order chi connectivity index (χ1) is 7.77. The zero-order valence-electron chi connectivity index (χ0n) is 9.38. The molecule has 0 fully saturated rings. The van der Waals surface area contributed by atoms with Gasteiger partial charge in [0.1, 0.15) is 6.54 Å². The van der Waals surface area contributed by atoms with Crippen molar-refractivity contribution in [1.82, 2.24) is 4.90 Å². The maximum absolute atomic E-state index is 12.7. The number of amides is 1. The average Bonchev–Trinajstić information content (AvgIpc) is 2.25. The number of esters is 1. The maximum Gasteiger partial charge on any atom is 0.383 e. The Bertz CT molecular complexity index is 283. The first kappa shape index (κ1) is 15.7. The van der Waals surface area contributed by atoms with E-state index in [0.717, 1.165) is 0 Å². The molecule has 0 rings (SSSR count). The van der Waals surface area contributed by atoms with E-state index >= 15 is 0 Å². The van der Waals surface area contributed by atoms with Gasteiger partial charge < -0.3 is 9.64 Å². The highest BCUT2D eigenvalue weighted by Crippen LogP contribution is 2.25. The third-order valence-electron chi connectivity index (χ3n) is 1.85. The fourth-order valence-electron chi connectivity index (χ4n) is 0.994. The van der Waals surface area contributed by atoms with Gasteiger partial charge in [0.05, 0.1) is 6.61 Å². The lowest BCUT2D eigenvalue weighted by Gasteiger charge is -2.24. The Morgan fingerprint density at radius 1 is 1.29 bits per heavy atom. The molecule has 0 aliphatic heterocycles. The summed E-state index contributed by atoms with van der Waals surface area (Å²) in [5, 5.41) is 0. The van der Waals surface area contributed by atoms with Gasteiger partial charge in [-0.15, -0.1) is 0 Å². The molecule has 0 N–H and O–H groups in total. The number of nitrogens with zero attached hydrogens (tertiary/aromatic N) is 1. The summed E-state index contributed by atoms with van der Waals surface area (Å²) in [6.45, 7) is 1.73. The maximum atomic E-state index is 12.7. The Morgan fingerprint density at radius 2 is 1.82 bits per heavy atom. The van der Waals surface area contributed by atoms with E-state index in [9.17, 15) is 27.2 Å². The lowest BCUT2D eigenvalue weighted by molar-refractivity contribution is -0.182. The molecule has 0 spiro atoms. The molecule has 100 valence electrons. The van der Waals surface area contributed by atoms with Crippen molar-refractivity contribution in [2.24, 2.45) is 0 Å². The summed E-state index contributed by atoms with van der Waals surface area (Å²) in [5.41, 5.74) is 0. The Balaban J connectivity index is 4.67. The van der Waals surface area contributed by atoms with Gasteiger partial charge >= 0.3 is 18.3 Å². The topological polar surface area (TPSA) is 46.6 Å². The van der Waals surface area contributed by atoms with Gasteiger partial charge in [0.15, 0.2) is 0 Å². The van der Waals surface area contributed by atoms with Crippen LogP contribution in [-0.2, 0) is 14.3 Å². The minimum absolute atomic E-state index is 0.00974. The van der Waals surface area contributed by atoms with Crippen LogP contribution in [0.25, 0.3) is 0 Å². The van der Waals surface area contributed by atoms with Gasteiger partial charge in [0, 0.05) is 6.54 Å². The van der Waals surface area contributed by atoms with E-state index in [1.54, 1.807) is 0 Å². The Morgan fingerprint density at radius 3 is 2.18 bits per heavy atom. The Kier molecular flexibility index (Phi) is 5.90. The smallest absolute Gasteiger partial charge is 0.383 e. The standard InChI is InChI=1S/C9H13F4NO3/c1-3-14(5-6(15)17-4-2)8(16)9(12,13)7(10)11/h7H,3-5H2,1-2H3. The molecule has 0 bridgehead atoms. The minimum atomic E-state index is -4.79. The molecular weight excluding hydrogens is 246 g/mol. The van der Waals surface area contributed by atoms with E-state index < -0.39 is 30.8 Å². The van der Waals surface area contributed by atoms with Crippen LogP contribution in [0.2, 0.25) is 0 Å². The molecule has 0 aromatic carbocycles. The van der Waals surface area contributed by atoms with Gasteiger partial charge in [-0.25, -0.2) is 8.78 Å². The van der Waals surface area contributed by atoms with Crippen molar-refractivity contribution >= 4 is 11.9 Å². The molecular formula is C9H13F4NO3. The van der Waals surface area contributed by atoms with E-state index in [1.807, 2.05) is 0 Å². The third kappa shape index (κ3) is 4.20. The first-order valence-corrected chi connectivity index (χ1v) is 4.88. The number of ether oxygens (including phenoxy) is 1. The molecule has 0 saturated heterocycles. The number of carbonyl (C=O) groups excluding carboxylic acids is 2. The molecule has 17 heavy (non-hydrogen) atoms. The monoisotopic (exact) mass is 259 g/mol. The minimum Gasteiger partial charge on any atom is -0.465 e. The largest absolute Gasteiger partial charge is 0.465 e. The Labute approximate surface area is 95.5 Å². The van der Waals surface area contributed by atoms with Crippen LogP contribution >= 0.6 is 0 Å². The number of halogens is 4. The zero-order valence-corrected chi connectivity index (χ0v) is 9.38. The molecule has 8 heteroatoms. The molecule has 0 aliphatic rings. The molecule has 0 aromatic rings. The summed E-state index contributed by atoms with van der Waals surface area (Å²) in [5.74, 6) is -7.79. The van der Waals surface area contributed by atoms with Crippen molar-refractivity contribution in [2.75, 3.05) is 19.7 Å². The lowest BCUT2D eigenvalue weighted by Crippen LogP contribution is -2.49. The fourth-order valence-corrected chi connectivity index (χ4v) is 0.994. The second-order valence-electron chi connectivity index (χ2n) is 3.05. The SMILES string of the molecule is CCOC(=O)CN(CC)C(=O)C(F)(F)C(F)F.